The maximum atomic E-state index is 11.9. The summed E-state index contributed by atoms with van der Waals surface area (Å²) in [6.07, 6.45) is 7.91. The predicted octanol–water partition coefficient (Wildman–Crippen LogP) is 0.377. The summed E-state index contributed by atoms with van der Waals surface area (Å²) >= 11 is 0. The summed E-state index contributed by atoms with van der Waals surface area (Å²) in [5.41, 5.74) is 0.672. The van der Waals surface area contributed by atoms with E-state index in [1.54, 1.807) is 11.1 Å². The van der Waals surface area contributed by atoms with Crippen molar-refractivity contribution in [2.45, 2.75) is 18.9 Å². The lowest BCUT2D eigenvalue weighted by atomic mass is 10.1. The number of H-pyrrole nitrogens is 1. The topological polar surface area (TPSA) is 98.3 Å². The van der Waals surface area contributed by atoms with Crippen molar-refractivity contribution in [2.75, 3.05) is 13.1 Å². The summed E-state index contributed by atoms with van der Waals surface area (Å²) in [5.74, 6) is -1.06. The number of hydrogen-bond acceptors (Lipinski definition) is 3. The molecule has 3 N–H and O–H groups in total. The molecule has 0 saturated carbocycles. The van der Waals surface area contributed by atoms with Gasteiger partial charge in [-0.2, -0.15) is 0 Å². The van der Waals surface area contributed by atoms with Crippen molar-refractivity contribution < 1.29 is 14.7 Å². The van der Waals surface area contributed by atoms with Crippen LogP contribution in [-0.2, 0) is 11.2 Å². The van der Waals surface area contributed by atoms with Crippen molar-refractivity contribution in [3.63, 3.8) is 0 Å². The Morgan fingerprint density at radius 1 is 1.53 bits per heavy atom. The maximum absolute atomic E-state index is 11.9. The lowest BCUT2D eigenvalue weighted by molar-refractivity contribution is -0.139. The van der Waals surface area contributed by atoms with Gasteiger partial charge in [0.1, 0.15) is 6.04 Å². The molecule has 2 heterocycles. The van der Waals surface area contributed by atoms with Crippen molar-refractivity contribution in [1.82, 2.24) is 20.2 Å². The van der Waals surface area contributed by atoms with Gasteiger partial charge < -0.3 is 20.3 Å². The summed E-state index contributed by atoms with van der Waals surface area (Å²) in [6, 6.07) is -1.31. The number of aromatic amines is 1. The van der Waals surface area contributed by atoms with Crippen LogP contribution in [0.25, 0.3) is 0 Å². The zero-order valence-electron chi connectivity index (χ0n) is 10.4. The Bertz CT molecular complexity index is 469. The Morgan fingerprint density at radius 3 is 2.95 bits per heavy atom. The molecule has 7 nitrogen and oxygen atoms in total. The lowest BCUT2D eigenvalue weighted by Gasteiger charge is -2.25. The highest BCUT2D eigenvalue weighted by Gasteiger charge is 2.23. The Labute approximate surface area is 110 Å². The molecule has 1 aliphatic rings. The average Bonchev–Trinajstić information content (AvgIpc) is 2.91. The lowest BCUT2D eigenvalue weighted by Crippen LogP contribution is -2.49. The maximum Gasteiger partial charge on any atom is 0.326 e. The summed E-state index contributed by atoms with van der Waals surface area (Å²) in [7, 11) is 0. The Hall–Kier alpha value is -2.31. The monoisotopic (exact) mass is 264 g/mol. The molecule has 0 radical (unpaired) electrons. The van der Waals surface area contributed by atoms with E-state index < -0.39 is 12.0 Å². The van der Waals surface area contributed by atoms with Crippen LogP contribution in [0.1, 0.15) is 12.1 Å². The van der Waals surface area contributed by atoms with Crippen LogP contribution >= 0.6 is 0 Å². The second-order valence-corrected chi connectivity index (χ2v) is 4.33. The van der Waals surface area contributed by atoms with E-state index in [1.807, 2.05) is 12.2 Å². The molecule has 2 rings (SSSR count). The fourth-order valence-corrected chi connectivity index (χ4v) is 1.88. The minimum atomic E-state index is -1.06. The normalized spacial score (nSPS) is 16.1. The molecular formula is C12H16N4O3. The van der Waals surface area contributed by atoms with E-state index >= 15 is 0 Å². The number of imidazole rings is 1. The molecule has 0 saturated heterocycles. The molecule has 1 atom stereocenters. The van der Waals surface area contributed by atoms with Gasteiger partial charge in [0, 0.05) is 31.4 Å². The van der Waals surface area contributed by atoms with E-state index in [0.717, 1.165) is 6.42 Å². The Morgan fingerprint density at radius 2 is 2.37 bits per heavy atom. The quantitative estimate of drug-likeness (QED) is 0.684. The molecule has 1 aromatic heterocycles. The van der Waals surface area contributed by atoms with Gasteiger partial charge in [-0.3, -0.25) is 0 Å². The van der Waals surface area contributed by atoms with Crippen molar-refractivity contribution >= 4 is 12.0 Å². The number of rotatable bonds is 4. The number of aliphatic carboxylic acids is 1. The zero-order chi connectivity index (χ0) is 13.7. The first-order valence-corrected chi connectivity index (χ1v) is 6.07. The molecule has 7 heteroatoms. The SMILES string of the molecule is O=C(O)C(Cc1cnc[nH]1)NC(=O)N1CC=CCC1. The molecule has 1 unspecified atom stereocenters. The molecule has 0 aliphatic carbocycles. The Kier molecular flexibility index (Phi) is 4.17. The van der Waals surface area contributed by atoms with Crippen molar-refractivity contribution in [3.8, 4) is 0 Å². The molecule has 0 aromatic carbocycles. The second kappa shape index (κ2) is 6.03. The molecule has 0 spiro atoms. The van der Waals surface area contributed by atoms with Gasteiger partial charge in [-0.15, -0.1) is 0 Å². The second-order valence-electron chi connectivity index (χ2n) is 4.33. The van der Waals surface area contributed by atoms with Gasteiger partial charge in [-0.05, 0) is 6.42 Å². The number of hydrogen-bond donors (Lipinski definition) is 3. The minimum Gasteiger partial charge on any atom is -0.480 e. The minimum absolute atomic E-state index is 0.185. The summed E-state index contributed by atoms with van der Waals surface area (Å²) < 4.78 is 0. The van der Waals surface area contributed by atoms with Gasteiger partial charge in [0.2, 0.25) is 0 Å². The van der Waals surface area contributed by atoms with Crippen LogP contribution in [0.2, 0.25) is 0 Å². The molecular weight excluding hydrogens is 248 g/mol. The van der Waals surface area contributed by atoms with Crippen molar-refractivity contribution in [3.05, 3.63) is 30.4 Å². The molecule has 102 valence electrons. The van der Waals surface area contributed by atoms with Gasteiger partial charge in [-0.1, -0.05) is 12.2 Å². The van der Waals surface area contributed by atoms with Gasteiger partial charge in [-0.25, -0.2) is 14.6 Å². The smallest absolute Gasteiger partial charge is 0.326 e. The van der Waals surface area contributed by atoms with Gasteiger partial charge >= 0.3 is 12.0 Å². The predicted molar refractivity (Wildman–Crippen MR) is 67.6 cm³/mol. The number of carboxylic acids is 1. The third-order valence-electron chi connectivity index (χ3n) is 2.92. The zero-order valence-corrected chi connectivity index (χ0v) is 10.4. The van der Waals surface area contributed by atoms with Gasteiger partial charge in [0.25, 0.3) is 0 Å². The number of nitrogens with zero attached hydrogens (tertiary/aromatic N) is 2. The highest BCUT2D eigenvalue weighted by Crippen LogP contribution is 2.04. The van der Waals surface area contributed by atoms with E-state index in [1.165, 1.54) is 6.33 Å². The fourth-order valence-electron chi connectivity index (χ4n) is 1.88. The first kappa shape index (κ1) is 13.1. The third kappa shape index (κ3) is 3.57. The fraction of sp³-hybridized carbons (Fsp3) is 0.417. The summed E-state index contributed by atoms with van der Waals surface area (Å²) in [5, 5.41) is 11.7. The van der Waals surface area contributed by atoms with Crippen LogP contribution in [-0.4, -0.2) is 51.1 Å². The van der Waals surface area contributed by atoms with Crippen molar-refractivity contribution in [1.29, 1.82) is 0 Å². The molecule has 0 bridgehead atoms. The first-order chi connectivity index (χ1) is 9.16. The molecule has 1 aromatic rings. The molecule has 0 fully saturated rings. The Balaban J connectivity index is 1.94. The van der Waals surface area contributed by atoms with E-state index in [9.17, 15) is 9.59 Å². The summed E-state index contributed by atoms with van der Waals surface area (Å²) in [4.78, 5) is 31.3. The number of nitrogens with one attached hydrogen (secondary N) is 2. The first-order valence-electron chi connectivity index (χ1n) is 6.07. The standard InChI is InChI=1S/C12H16N4O3/c17-11(18)10(6-9-7-13-8-14-9)15-12(19)16-4-2-1-3-5-16/h1-2,7-8,10H,3-6H2,(H,13,14)(H,15,19)(H,17,18). The summed E-state index contributed by atoms with van der Waals surface area (Å²) in [6.45, 7) is 1.13. The highest BCUT2D eigenvalue weighted by atomic mass is 16.4. The number of amides is 2. The largest absolute Gasteiger partial charge is 0.480 e. The van der Waals surface area contributed by atoms with Crippen LogP contribution in [0.4, 0.5) is 4.79 Å². The van der Waals surface area contributed by atoms with E-state index in [-0.39, 0.29) is 12.5 Å². The van der Waals surface area contributed by atoms with Crippen LogP contribution in [0.15, 0.2) is 24.7 Å². The van der Waals surface area contributed by atoms with Crippen LogP contribution < -0.4 is 5.32 Å². The van der Waals surface area contributed by atoms with Crippen molar-refractivity contribution in [2.24, 2.45) is 0 Å². The number of carbonyl (C=O) groups excluding carboxylic acids is 1. The van der Waals surface area contributed by atoms with Crippen LogP contribution in [0, 0.1) is 0 Å². The number of carbonyl (C=O) groups is 2. The molecule has 19 heavy (non-hydrogen) atoms. The van der Waals surface area contributed by atoms with Gasteiger partial charge in [0.15, 0.2) is 0 Å². The van der Waals surface area contributed by atoms with E-state index in [4.69, 9.17) is 5.11 Å². The highest BCUT2D eigenvalue weighted by molar-refractivity contribution is 5.82. The molecule has 1 aliphatic heterocycles. The van der Waals surface area contributed by atoms with Crippen LogP contribution in [0.5, 0.6) is 0 Å². The van der Waals surface area contributed by atoms with E-state index in [2.05, 4.69) is 15.3 Å². The van der Waals surface area contributed by atoms with E-state index in [0.29, 0.717) is 18.8 Å². The van der Waals surface area contributed by atoms with Crippen LogP contribution in [0.3, 0.4) is 0 Å². The third-order valence-corrected chi connectivity index (χ3v) is 2.92. The molecule has 2 amide bonds. The number of carboxylic acid groups (broad SMARTS) is 1. The number of aromatic nitrogens is 2. The average molecular weight is 264 g/mol. The van der Waals surface area contributed by atoms with Gasteiger partial charge in [0.05, 0.1) is 6.33 Å². The number of urea groups is 1.